The molecule has 0 bridgehead atoms. The Morgan fingerprint density at radius 2 is 1.88 bits per heavy atom. The minimum atomic E-state index is 0.0510. The van der Waals surface area contributed by atoms with Crippen LogP contribution in [0.1, 0.15) is 26.3 Å². The van der Waals surface area contributed by atoms with E-state index in [9.17, 15) is 4.79 Å². The van der Waals surface area contributed by atoms with Crippen LogP contribution in [0.3, 0.4) is 0 Å². The maximum Gasteiger partial charge on any atom is 0.140 e. The molecule has 0 saturated heterocycles. The Morgan fingerprint density at radius 3 is 2.44 bits per heavy atom. The number of ketones is 1. The Hall–Kier alpha value is -0.530. The van der Waals surface area contributed by atoms with Gasteiger partial charge in [0.15, 0.2) is 0 Å². The number of carbonyl (C=O) groups is 1. The second kappa shape index (κ2) is 5.70. The smallest absolute Gasteiger partial charge is 0.140 e. The summed E-state index contributed by atoms with van der Waals surface area (Å²) in [5.74, 6) is 0.611. The molecule has 0 N–H and O–H groups in total. The van der Waals surface area contributed by atoms with Crippen molar-refractivity contribution in [2.45, 2.75) is 27.2 Å². The molecule has 88 valence electrons. The van der Waals surface area contributed by atoms with Gasteiger partial charge >= 0.3 is 0 Å². The molecule has 1 unspecified atom stereocenters. The monoisotopic (exact) mass is 258 g/mol. The second-order valence-corrected chi connectivity index (χ2v) is 5.26. The third kappa shape index (κ3) is 3.50. The van der Waals surface area contributed by atoms with Crippen molar-refractivity contribution in [1.29, 1.82) is 0 Å². The van der Waals surface area contributed by atoms with Crippen LogP contribution in [0.15, 0.2) is 18.2 Å². The first-order valence-electron chi connectivity index (χ1n) is 5.38. The third-order valence-corrected chi connectivity index (χ3v) is 3.48. The van der Waals surface area contributed by atoms with Crippen LogP contribution in [-0.4, -0.2) is 5.78 Å². The summed E-state index contributed by atoms with van der Waals surface area (Å²) in [6.45, 7) is 6.04. The number of benzene rings is 1. The molecule has 0 radical (unpaired) electrons. The van der Waals surface area contributed by atoms with Gasteiger partial charge in [0.1, 0.15) is 5.78 Å². The van der Waals surface area contributed by atoms with E-state index < -0.39 is 0 Å². The molecular formula is C13H16Cl2O. The van der Waals surface area contributed by atoms with Gasteiger partial charge in [0.05, 0.1) is 0 Å². The zero-order valence-corrected chi connectivity index (χ0v) is 11.3. The van der Waals surface area contributed by atoms with Crippen LogP contribution < -0.4 is 0 Å². The highest BCUT2D eigenvalue weighted by Crippen LogP contribution is 2.23. The van der Waals surface area contributed by atoms with Gasteiger partial charge in [-0.25, -0.2) is 0 Å². The molecule has 0 aliphatic rings. The van der Waals surface area contributed by atoms with Gasteiger partial charge in [0.2, 0.25) is 0 Å². The van der Waals surface area contributed by atoms with Crippen molar-refractivity contribution < 1.29 is 4.79 Å². The van der Waals surface area contributed by atoms with Gasteiger partial charge in [0, 0.05) is 22.4 Å². The summed E-state index contributed by atoms with van der Waals surface area (Å²) in [4.78, 5) is 11.9. The summed E-state index contributed by atoms with van der Waals surface area (Å²) in [7, 11) is 0. The SMILES string of the molecule is CC(C)C(C)C(=O)Cc1cc(Cl)ccc1Cl. The lowest BCUT2D eigenvalue weighted by atomic mass is 9.90. The average molecular weight is 259 g/mol. The van der Waals surface area contributed by atoms with Crippen molar-refractivity contribution in [3.8, 4) is 0 Å². The van der Waals surface area contributed by atoms with Crippen LogP contribution in [-0.2, 0) is 11.2 Å². The van der Waals surface area contributed by atoms with Crippen LogP contribution >= 0.6 is 23.2 Å². The molecule has 3 heteroatoms. The first-order valence-corrected chi connectivity index (χ1v) is 6.14. The summed E-state index contributed by atoms with van der Waals surface area (Å²) in [6.07, 6.45) is 0.360. The number of carbonyl (C=O) groups excluding carboxylic acids is 1. The van der Waals surface area contributed by atoms with Crippen LogP contribution in [0, 0.1) is 11.8 Å². The molecule has 0 heterocycles. The van der Waals surface area contributed by atoms with E-state index in [1.807, 2.05) is 20.8 Å². The Kier molecular flexibility index (Phi) is 4.82. The highest BCUT2D eigenvalue weighted by Gasteiger charge is 2.17. The number of Topliss-reactive ketones (excluding diaryl/α,β-unsaturated/α-hetero) is 1. The van der Waals surface area contributed by atoms with E-state index in [2.05, 4.69) is 0 Å². The maximum atomic E-state index is 11.9. The molecule has 1 nitrogen and oxygen atoms in total. The summed E-state index contributed by atoms with van der Waals surface area (Å²) in [6, 6.07) is 5.21. The number of hydrogen-bond acceptors (Lipinski definition) is 1. The van der Waals surface area contributed by atoms with Gasteiger partial charge in [-0.2, -0.15) is 0 Å². The van der Waals surface area contributed by atoms with Crippen molar-refractivity contribution >= 4 is 29.0 Å². The molecular weight excluding hydrogens is 243 g/mol. The largest absolute Gasteiger partial charge is 0.299 e. The topological polar surface area (TPSA) is 17.1 Å². The lowest BCUT2D eigenvalue weighted by Gasteiger charge is -2.14. The van der Waals surface area contributed by atoms with Crippen molar-refractivity contribution in [3.63, 3.8) is 0 Å². The van der Waals surface area contributed by atoms with E-state index in [-0.39, 0.29) is 11.7 Å². The first-order chi connectivity index (χ1) is 7.41. The standard InChI is InChI=1S/C13H16Cl2O/c1-8(2)9(3)13(16)7-10-6-11(14)4-5-12(10)15/h4-6,8-9H,7H2,1-3H3. The zero-order valence-electron chi connectivity index (χ0n) is 9.76. The van der Waals surface area contributed by atoms with Crippen molar-refractivity contribution in [2.75, 3.05) is 0 Å². The lowest BCUT2D eigenvalue weighted by Crippen LogP contribution is -2.18. The Bertz CT molecular complexity index is 386. The fraction of sp³-hybridized carbons (Fsp3) is 0.462. The Labute approximate surface area is 107 Å². The van der Waals surface area contributed by atoms with E-state index in [1.165, 1.54) is 0 Å². The van der Waals surface area contributed by atoms with Gasteiger partial charge in [-0.1, -0.05) is 44.0 Å². The molecule has 0 aliphatic carbocycles. The van der Waals surface area contributed by atoms with Gasteiger partial charge < -0.3 is 0 Å². The highest BCUT2D eigenvalue weighted by molar-refractivity contribution is 6.33. The third-order valence-electron chi connectivity index (χ3n) is 2.88. The fourth-order valence-electron chi connectivity index (χ4n) is 1.40. The van der Waals surface area contributed by atoms with E-state index >= 15 is 0 Å². The normalized spacial score (nSPS) is 12.9. The van der Waals surface area contributed by atoms with Gasteiger partial charge in [-0.05, 0) is 29.7 Å². The molecule has 0 aromatic heterocycles. The molecule has 0 amide bonds. The van der Waals surface area contributed by atoms with Crippen molar-refractivity contribution in [2.24, 2.45) is 11.8 Å². The number of hydrogen-bond donors (Lipinski definition) is 0. The molecule has 0 fully saturated rings. The van der Waals surface area contributed by atoms with Gasteiger partial charge in [-0.3, -0.25) is 4.79 Å². The average Bonchev–Trinajstić information content (AvgIpc) is 2.22. The van der Waals surface area contributed by atoms with Crippen LogP contribution in [0.4, 0.5) is 0 Å². The highest BCUT2D eigenvalue weighted by atomic mass is 35.5. The fourth-order valence-corrected chi connectivity index (χ4v) is 1.78. The second-order valence-electron chi connectivity index (χ2n) is 4.41. The predicted molar refractivity (Wildman–Crippen MR) is 69.2 cm³/mol. The summed E-state index contributed by atoms with van der Waals surface area (Å²) in [5, 5.41) is 1.22. The molecule has 0 saturated carbocycles. The predicted octanol–water partition coefficient (Wildman–Crippen LogP) is 4.40. The summed E-state index contributed by atoms with van der Waals surface area (Å²) in [5.41, 5.74) is 0.812. The lowest BCUT2D eigenvalue weighted by molar-refractivity contribution is -0.122. The van der Waals surface area contributed by atoms with Crippen molar-refractivity contribution in [1.82, 2.24) is 0 Å². The number of rotatable bonds is 4. The number of halogens is 2. The summed E-state index contributed by atoms with van der Waals surface area (Å²) >= 11 is 11.9. The molecule has 0 aliphatic heterocycles. The minimum absolute atomic E-state index is 0.0510. The van der Waals surface area contributed by atoms with Crippen molar-refractivity contribution in [3.05, 3.63) is 33.8 Å². The van der Waals surface area contributed by atoms with Gasteiger partial charge in [0.25, 0.3) is 0 Å². The van der Waals surface area contributed by atoms with Crippen LogP contribution in [0.2, 0.25) is 10.0 Å². The molecule has 1 rings (SSSR count). The molecule has 1 atom stereocenters. The van der Waals surface area contributed by atoms with Crippen LogP contribution in [0.25, 0.3) is 0 Å². The molecule has 1 aromatic rings. The van der Waals surface area contributed by atoms with E-state index in [1.54, 1.807) is 18.2 Å². The maximum absolute atomic E-state index is 11.9. The zero-order chi connectivity index (χ0) is 12.3. The van der Waals surface area contributed by atoms with E-state index in [0.29, 0.717) is 22.4 Å². The summed E-state index contributed by atoms with van der Waals surface area (Å²) < 4.78 is 0. The van der Waals surface area contributed by atoms with E-state index in [0.717, 1.165) is 5.56 Å². The molecule has 0 spiro atoms. The molecule has 16 heavy (non-hydrogen) atoms. The Balaban J connectivity index is 2.80. The minimum Gasteiger partial charge on any atom is -0.299 e. The van der Waals surface area contributed by atoms with Crippen LogP contribution in [0.5, 0.6) is 0 Å². The van der Waals surface area contributed by atoms with Gasteiger partial charge in [-0.15, -0.1) is 0 Å². The Morgan fingerprint density at radius 1 is 1.25 bits per heavy atom. The van der Waals surface area contributed by atoms with E-state index in [4.69, 9.17) is 23.2 Å². The first kappa shape index (κ1) is 13.5. The quantitative estimate of drug-likeness (QED) is 0.783. The molecule has 1 aromatic carbocycles.